The first-order valence-corrected chi connectivity index (χ1v) is 5.33. The molecule has 0 rings (SSSR count). The fraction of sp³-hybridized carbons (Fsp3) is 0.909. The van der Waals surface area contributed by atoms with Crippen LogP contribution in [-0.4, -0.2) is 56.9 Å². The molecule has 14 heavy (non-hydrogen) atoms. The number of nitrogens with zero attached hydrogens (tertiary/aromatic N) is 2. The van der Waals surface area contributed by atoms with E-state index in [0.717, 1.165) is 38.8 Å². The molecule has 0 saturated carbocycles. The van der Waals surface area contributed by atoms with E-state index in [9.17, 15) is 4.79 Å². The molecule has 0 atom stereocenters. The Hall–Kier alpha value is -0.410. The largest absolute Gasteiger partial charge is 0.309 e. The maximum absolute atomic E-state index is 11.4. The Kier molecular flexibility index (Phi) is 7.71. The van der Waals surface area contributed by atoms with Gasteiger partial charge < -0.3 is 9.80 Å². The van der Waals surface area contributed by atoms with Gasteiger partial charge in [-0.1, -0.05) is 0 Å². The molecule has 0 aromatic carbocycles. The summed E-state index contributed by atoms with van der Waals surface area (Å²) in [6.45, 7) is 2.03. The highest BCUT2D eigenvalue weighted by Crippen LogP contribution is 1.99. The standard InChI is InChI=1S/C11H24N2O/c1-12(2)9-5-7-11(14)8-6-10-13(3)4/h5-10H2,1-4H3. The van der Waals surface area contributed by atoms with Gasteiger partial charge in [0.15, 0.2) is 0 Å². The highest BCUT2D eigenvalue weighted by Gasteiger charge is 2.02. The van der Waals surface area contributed by atoms with E-state index in [1.54, 1.807) is 0 Å². The summed E-state index contributed by atoms with van der Waals surface area (Å²) in [7, 11) is 8.15. The van der Waals surface area contributed by atoms with Crippen LogP contribution in [0.4, 0.5) is 0 Å². The molecule has 0 heterocycles. The van der Waals surface area contributed by atoms with Crippen LogP contribution in [0.5, 0.6) is 0 Å². The van der Waals surface area contributed by atoms with Gasteiger partial charge in [-0.25, -0.2) is 0 Å². The first kappa shape index (κ1) is 13.6. The number of carbonyl (C=O) groups excluding carboxylic acids is 1. The second-order valence-electron chi connectivity index (χ2n) is 4.35. The Balaban J connectivity index is 3.28. The summed E-state index contributed by atoms with van der Waals surface area (Å²) in [5.74, 6) is 0.411. The Labute approximate surface area is 88.1 Å². The highest BCUT2D eigenvalue weighted by molar-refractivity contribution is 5.78. The third-order valence-electron chi connectivity index (χ3n) is 2.12. The summed E-state index contributed by atoms with van der Waals surface area (Å²) in [4.78, 5) is 15.6. The van der Waals surface area contributed by atoms with Crippen molar-refractivity contribution in [2.75, 3.05) is 41.3 Å². The molecule has 0 unspecified atom stereocenters. The average molecular weight is 200 g/mol. The van der Waals surface area contributed by atoms with Gasteiger partial charge in [-0.15, -0.1) is 0 Å². The molecule has 0 spiro atoms. The molecule has 0 aromatic heterocycles. The molecule has 3 nitrogen and oxygen atoms in total. The van der Waals surface area contributed by atoms with Crippen molar-refractivity contribution in [2.45, 2.75) is 25.7 Å². The molecule has 0 amide bonds. The van der Waals surface area contributed by atoms with Crippen LogP contribution in [-0.2, 0) is 4.79 Å². The quantitative estimate of drug-likeness (QED) is 0.589. The lowest BCUT2D eigenvalue weighted by atomic mass is 10.1. The molecule has 0 fully saturated rings. The fourth-order valence-corrected chi connectivity index (χ4v) is 1.31. The van der Waals surface area contributed by atoms with E-state index < -0.39 is 0 Å². The minimum absolute atomic E-state index is 0.411. The van der Waals surface area contributed by atoms with Crippen LogP contribution in [0.15, 0.2) is 0 Å². The molecule has 0 aromatic rings. The molecule has 84 valence electrons. The van der Waals surface area contributed by atoms with Crippen molar-refractivity contribution >= 4 is 5.78 Å². The first-order valence-electron chi connectivity index (χ1n) is 5.33. The summed E-state index contributed by atoms with van der Waals surface area (Å²) >= 11 is 0. The van der Waals surface area contributed by atoms with E-state index in [1.165, 1.54) is 0 Å². The second kappa shape index (κ2) is 7.94. The summed E-state index contributed by atoms with van der Waals surface area (Å²) < 4.78 is 0. The molecule has 0 N–H and O–H groups in total. The van der Waals surface area contributed by atoms with Crippen molar-refractivity contribution in [1.29, 1.82) is 0 Å². The van der Waals surface area contributed by atoms with Crippen LogP contribution in [0.1, 0.15) is 25.7 Å². The zero-order valence-electron chi connectivity index (χ0n) is 10.0. The second-order valence-corrected chi connectivity index (χ2v) is 4.35. The van der Waals surface area contributed by atoms with Crippen molar-refractivity contribution in [3.8, 4) is 0 Å². The van der Waals surface area contributed by atoms with Crippen LogP contribution in [0.25, 0.3) is 0 Å². The van der Waals surface area contributed by atoms with E-state index in [2.05, 4.69) is 9.80 Å². The van der Waals surface area contributed by atoms with Gasteiger partial charge in [0.1, 0.15) is 5.78 Å². The predicted octanol–water partition coefficient (Wildman–Crippen LogP) is 1.24. The maximum Gasteiger partial charge on any atom is 0.133 e. The molecule has 0 aliphatic rings. The van der Waals surface area contributed by atoms with Gasteiger partial charge in [-0.2, -0.15) is 0 Å². The van der Waals surface area contributed by atoms with Gasteiger partial charge in [0.05, 0.1) is 0 Å². The molecule has 0 aliphatic carbocycles. The van der Waals surface area contributed by atoms with E-state index in [-0.39, 0.29) is 0 Å². The highest BCUT2D eigenvalue weighted by atomic mass is 16.1. The number of hydrogen-bond donors (Lipinski definition) is 0. The predicted molar refractivity (Wildman–Crippen MR) is 60.6 cm³/mol. The molecule has 0 aliphatic heterocycles. The monoisotopic (exact) mass is 200 g/mol. The minimum atomic E-state index is 0.411. The summed E-state index contributed by atoms with van der Waals surface area (Å²) in [6.07, 6.45) is 3.47. The van der Waals surface area contributed by atoms with Crippen LogP contribution in [0.2, 0.25) is 0 Å². The molecule has 3 heteroatoms. The van der Waals surface area contributed by atoms with Crippen LogP contribution in [0.3, 0.4) is 0 Å². The minimum Gasteiger partial charge on any atom is -0.309 e. The SMILES string of the molecule is CN(C)CCCC(=O)CCCN(C)C. The van der Waals surface area contributed by atoms with Crippen molar-refractivity contribution in [1.82, 2.24) is 9.80 Å². The van der Waals surface area contributed by atoms with Gasteiger partial charge in [-0.05, 0) is 54.1 Å². The third-order valence-corrected chi connectivity index (χ3v) is 2.12. The van der Waals surface area contributed by atoms with Gasteiger partial charge in [-0.3, -0.25) is 4.79 Å². The normalized spacial score (nSPS) is 11.3. The van der Waals surface area contributed by atoms with Gasteiger partial charge in [0.2, 0.25) is 0 Å². The zero-order valence-corrected chi connectivity index (χ0v) is 10.0. The lowest BCUT2D eigenvalue weighted by Crippen LogP contribution is -2.16. The third kappa shape index (κ3) is 9.68. The molecule has 0 saturated heterocycles. The van der Waals surface area contributed by atoms with E-state index in [4.69, 9.17) is 0 Å². The first-order chi connectivity index (χ1) is 6.52. The van der Waals surface area contributed by atoms with Crippen molar-refractivity contribution in [3.63, 3.8) is 0 Å². The zero-order chi connectivity index (χ0) is 11.0. The van der Waals surface area contributed by atoms with Crippen molar-refractivity contribution in [3.05, 3.63) is 0 Å². The maximum atomic E-state index is 11.4. The Morgan fingerprint density at radius 1 is 0.857 bits per heavy atom. The van der Waals surface area contributed by atoms with Crippen LogP contribution >= 0.6 is 0 Å². The van der Waals surface area contributed by atoms with Crippen LogP contribution in [0, 0.1) is 0 Å². The summed E-state index contributed by atoms with van der Waals surface area (Å²) in [6, 6.07) is 0. The topological polar surface area (TPSA) is 23.6 Å². The number of hydrogen-bond acceptors (Lipinski definition) is 3. The lowest BCUT2D eigenvalue weighted by Gasteiger charge is -2.09. The molecular formula is C11H24N2O. The number of Topliss-reactive ketones (excluding diaryl/α,β-unsaturated/α-hetero) is 1. The van der Waals surface area contributed by atoms with Crippen molar-refractivity contribution < 1.29 is 4.79 Å². The van der Waals surface area contributed by atoms with Crippen LogP contribution < -0.4 is 0 Å². The Bertz CT molecular complexity index is 139. The fourth-order valence-electron chi connectivity index (χ4n) is 1.31. The van der Waals surface area contributed by atoms with E-state index >= 15 is 0 Å². The molecular weight excluding hydrogens is 176 g/mol. The number of rotatable bonds is 8. The lowest BCUT2D eigenvalue weighted by molar-refractivity contribution is -0.119. The van der Waals surface area contributed by atoms with E-state index in [0.29, 0.717) is 5.78 Å². The van der Waals surface area contributed by atoms with Gasteiger partial charge in [0.25, 0.3) is 0 Å². The number of ketones is 1. The smallest absolute Gasteiger partial charge is 0.133 e. The van der Waals surface area contributed by atoms with E-state index in [1.807, 2.05) is 28.2 Å². The van der Waals surface area contributed by atoms with Gasteiger partial charge >= 0.3 is 0 Å². The van der Waals surface area contributed by atoms with Gasteiger partial charge in [0, 0.05) is 12.8 Å². The molecule has 0 bridgehead atoms. The van der Waals surface area contributed by atoms with Crippen molar-refractivity contribution in [2.24, 2.45) is 0 Å². The Morgan fingerprint density at radius 2 is 1.21 bits per heavy atom. The summed E-state index contributed by atoms with van der Waals surface area (Å²) in [5.41, 5.74) is 0. The Morgan fingerprint density at radius 3 is 1.50 bits per heavy atom. The summed E-state index contributed by atoms with van der Waals surface area (Å²) in [5, 5.41) is 0. The number of carbonyl (C=O) groups is 1. The molecule has 0 radical (unpaired) electrons. The average Bonchev–Trinajstić information content (AvgIpc) is 2.02.